The van der Waals surface area contributed by atoms with Crippen molar-refractivity contribution in [1.82, 2.24) is 4.90 Å². The summed E-state index contributed by atoms with van der Waals surface area (Å²) in [5.41, 5.74) is 2.14. The van der Waals surface area contributed by atoms with Crippen molar-refractivity contribution in [3.8, 4) is 0 Å². The van der Waals surface area contributed by atoms with E-state index in [9.17, 15) is 9.59 Å². The van der Waals surface area contributed by atoms with Crippen molar-refractivity contribution in [3.63, 3.8) is 0 Å². The zero-order valence-corrected chi connectivity index (χ0v) is 16.0. The number of nitrogens with zero attached hydrogens (tertiary/aromatic N) is 1. The molecule has 2 aromatic rings. The van der Waals surface area contributed by atoms with Crippen molar-refractivity contribution in [2.24, 2.45) is 5.92 Å². The average molecular weight is 391 g/mol. The number of halogens is 2. The lowest BCUT2D eigenvalue weighted by Crippen LogP contribution is -2.43. The van der Waals surface area contributed by atoms with E-state index in [1.165, 1.54) is 0 Å². The van der Waals surface area contributed by atoms with Gasteiger partial charge >= 0.3 is 0 Å². The van der Waals surface area contributed by atoms with Crippen molar-refractivity contribution >= 4 is 40.7 Å². The first-order chi connectivity index (χ1) is 12.5. The largest absolute Gasteiger partial charge is 0.338 e. The Bertz CT molecular complexity index is 821. The van der Waals surface area contributed by atoms with Gasteiger partial charge in [-0.2, -0.15) is 0 Å². The Morgan fingerprint density at radius 2 is 1.85 bits per heavy atom. The molecule has 4 nitrogen and oxygen atoms in total. The first-order valence-corrected chi connectivity index (χ1v) is 9.32. The third kappa shape index (κ3) is 4.19. The molecular formula is C20H20Cl2N2O2. The Morgan fingerprint density at radius 3 is 2.58 bits per heavy atom. The Morgan fingerprint density at radius 1 is 1.12 bits per heavy atom. The van der Waals surface area contributed by atoms with Crippen LogP contribution in [0, 0.1) is 12.8 Å². The first-order valence-electron chi connectivity index (χ1n) is 8.56. The van der Waals surface area contributed by atoms with Gasteiger partial charge in [-0.1, -0.05) is 29.3 Å². The fourth-order valence-corrected chi connectivity index (χ4v) is 3.43. The molecule has 0 aliphatic carbocycles. The molecular weight excluding hydrogens is 371 g/mol. The van der Waals surface area contributed by atoms with Crippen LogP contribution in [-0.2, 0) is 4.79 Å². The number of hydrogen-bond acceptors (Lipinski definition) is 2. The van der Waals surface area contributed by atoms with Crippen molar-refractivity contribution < 1.29 is 9.59 Å². The molecule has 3 rings (SSSR count). The Kier molecular flexibility index (Phi) is 5.84. The molecule has 6 heteroatoms. The molecule has 2 amide bonds. The molecule has 1 saturated heterocycles. The fourth-order valence-electron chi connectivity index (χ4n) is 3.13. The van der Waals surface area contributed by atoms with Gasteiger partial charge in [0, 0.05) is 34.4 Å². The van der Waals surface area contributed by atoms with Crippen LogP contribution in [0.5, 0.6) is 0 Å². The summed E-state index contributed by atoms with van der Waals surface area (Å²) in [4.78, 5) is 27.1. The highest BCUT2D eigenvalue weighted by Crippen LogP contribution is 2.25. The summed E-state index contributed by atoms with van der Waals surface area (Å²) >= 11 is 12.0. The molecule has 26 heavy (non-hydrogen) atoms. The van der Waals surface area contributed by atoms with Crippen molar-refractivity contribution in [2.45, 2.75) is 19.8 Å². The maximum absolute atomic E-state index is 12.7. The van der Waals surface area contributed by atoms with E-state index in [0.717, 1.165) is 18.4 Å². The van der Waals surface area contributed by atoms with E-state index in [1.54, 1.807) is 35.2 Å². The van der Waals surface area contributed by atoms with Crippen LogP contribution in [-0.4, -0.2) is 29.8 Å². The van der Waals surface area contributed by atoms with E-state index in [4.69, 9.17) is 23.2 Å². The summed E-state index contributed by atoms with van der Waals surface area (Å²) in [5, 5.41) is 4.16. The molecule has 1 atom stereocenters. The van der Waals surface area contributed by atoms with E-state index in [2.05, 4.69) is 5.32 Å². The van der Waals surface area contributed by atoms with Crippen LogP contribution in [0.3, 0.4) is 0 Å². The molecule has 0 bridgehead atoms. The third-order valence-corrected chi connectivity index (χ3v) is 5.36. The normalized spacial score (nSPS) is 17.0. The lowest BCUT2D eigenvalue weighted by Gasteiger charge is -2.32. The summed E-state index contributed by atoms with van der Waals surface area (Å²) in [5.74, 6) is -0.388. The zero-order valence-electron chi connectivity index (χ0n) is 14.5. The Balaban J connectivity index is 1.67. The first kappa shape index (κ1) is 18.7. The van der Waals surface area contributed by atoms with Crippen molar-refractivity contribution in [1.29, 1.82) is 0 Å². The fraction of sp³-hybridized carbons (Fsp3) is 0.300. The number of amides is 2. The molecule has 2 aromatic carbocycles. The summed E-state index contributed by atoms with van der Waals surface area (Å²) in [6, 6.07) is 12.3. The Hall–Kier alpha value is -2.04. The number of rotatable bonds is 3. The van der Waals surface area contributed by atoms with Crippen LogP contribution >= 0.6 is 23.2 Å². The van der Waals surface area contributed by atoms with Crippen LogP contribution in [0.1, 0.15) is 28.8 Å². The number of hydrogen-bond donors (Lipinski definition) is 1. The molecule has 1 aliphatic rings. The highest BCUT2D eigenvalue weighted by atomic mass is 35.5. The maximum atomic E-state index is 12.7. The molecule has 136 valence electrons. The molecule has 0 unspecified atom stereocenters. The smallest absolute Gasteiger partial charge is 0.253 e. The van der Waals surface area contributed by atoms with E-state index in [-0.39, 0.29) is 17.7 Å². The molecule has 0 spiro atoms. The van der Waals surface area contributed by atoms with Crippen LogP contribution in [0.25, 0.3) is 0 Å². The van der Waals surface area contributed by atoms with E-state index < -0.39 is 0 Å². The third-order valence-electron chi connectivity index (χ3n) is 4.70. The molecule has 1 heterocycles. The van der Waals surface area contributed by atoms with Crippen LogP contribution in [0.4, 0.5) is 5.69 Å². The summed E-state index contributed by atoms with van der Waals surface area (Å²) in [6.45, 7) is 2.93. The highest BCUT2D eigenvalue weighted by molar-refractivity contribution is 6.31. The van der Waals surface area contributed by atoms with Gasteiger partial charge in [-0.3, -0.25) is 9.59 Å². The minimum Gasteiger partial charge on any atom is -0.338 e. The highest BCUT2D eigenvalue weighted by Gasteiger charge is 2.29. The van der Waals surface area contributed by atoms with Gasteiger partial charge in [0.25, 0.3) is 5.91 Å². The van der Waals surface area contributed by atoms with E-state index in [1.807, 2.05) is 19.1 Å². The zero-order chi connectivity index (χ0) is 18.7. The second kappa shape index (κ2) is 8.11. The SMILES string of the molecule is Cc1c(Cl)cccc1NC(=O)[C@H]1CCCN(C(=O)c2ccc(Cl)cc2)C1. The number of anilines is 1. The topological polar surface area (TPSA) is 49.4 Å². The van der Waals surface area contributed by atoms with Crippen molar-refractivity contribution in [3.05, 3.63) is 63.6 Å². The summed E-state index contributed by atoms with van der Waals surface area (Å²) in [6.07, 6.45) is 1.56. The summed E-state index contributed by atoms with van der Waals surface area (Å²) < 4.78 is 0. The molecule has 0 radical (unpaired) electrons. The lowest BCUT2D eigenvalue weighted by molar-refractivity contribution is -0.121. The number of carbonyl (C=O) groups is 2. The molecule has 1 N–H and O–H groups in total. The molecule has 1 fully saturated rings. The summed E-state index contributed by atoms with van der Waals surface area (Å²) in [7, 11) is 0. The van der Waals surface area contributed by atoms with E-state index >= 15 is 0 Å². The van der Waals surface area contributed by atoms with E-state index in [0.29, 0.717) is 34.4 Å². The predicted molar refractivity (Wildman–Crippen MR) is 105 cm³/mol. The van der Waals surface area contributed by atoms with Gasteiger partial charge in [0.15, 0.2) is 0 Å². The maximum Gasteiger partial charge on any atom is 0.253 e. The molecule has 0 saturated carbocycles. The Labute approximate surface area is 163 Å². The van der Waals surface area contributed by atoms with Crippen LogP contribution in [0.2, 0.25) is 10.0 Å². The van der Waals surface area contributed by atoms with Gasteiger partial charge in [0.05, 0.1) is 5.92 Å². The van der Waals surface area contributed by atoms with Crippen LogP contribution in [0.15, 0.2) is 42.5 Å². The minimum absolute atomic E-state index is 0.0712. The van der Waals surface area contributed by atoms with Gasteiger partial charge in [0.2, 0.25) is 5.91 Å². The number of nitrogens with one attached hydrogen (secondary N) is 1. The second-order valence-corrected chi connectivity index (χ2v) is 7.34. The van der Waals surface area contributed by atoms with Gasteiger partial charge in [-0.05, 0) is 61.7 Å². The minimum atomic E-state index is -0.238. The van der Waals surface area contributed by atoms with Gasteiger partial charge in [-0.15, -0.1) is 0 Å². The van der Waals surface area contributed by atoms with Crippen molar-refractivity contribution in [2.75, 3.05) is 18.4 Å². The molecule has 0 aromatic heterocycles. The monoisotopic (exact) mass is 390 g/mol. The number of carbonyl (C=O) groups excluding carboxylic acids is 2. The van der Waals surface area contributed by atoms with Gasteiger partial charge in [-0.25, -0.2) is 0 Å². The number of piperidine rings is 1. The average Bonchev–Trinajstić information content (AvgIpc) is 2.65. The molecule has 1 aliphatic heterocycles. The standard InChI is InChI=1S/C20H20Cl2N2O2/c1-13-17(22)5-2-6-18(13)23-19(25)15-4-3-11-24(12-15)20(26)14-7-9-16(21)10-8-14/h2,5-10,15H,3-4,11-12H2,1H3,(H,23,25)/t15-/m0/s1. The van der Waals surface area contributed by atoms with Gasteiger partial charge in [0.1, 0.15) is 0 Å². The van der Waals surface area contributed by atoms with Crippen LogP contribution < -0.4 is 5.32 Å². The van der Waals surface area contributed by atoms with Gasteiger partial charge < -0.3 is 10.2 Å². The second-order valence-electron chi connectivity index (χ2n) is 6.50. The quantitative estimate of drug-likeness (QED) is 0.818. The number of likely N-dealkylation sites (tertiary alicyclic amines) is 1. The number of benzene rings is 2. The predicted octanol–water partition coefficient (Wildman–Crippen LogP) is 4.79. The lowest BCUT2D eigenvalue weighted by atomic mass is 9.96.